The van der Waals surface area contributed by atoms with Gasteiger partial charge in [0.25, 0.3) is 0 Å². The zero-order chi connectivity index (χ0) is 8.81. The van der Waals surface area contributed by atoms with Gasteiger partial charge >= 0.3 is 92.3 Å². The zero-order valence-electron chi connectivity index (χ0n) is 6.62. The van der Waals surface area contributed by atoms with Crippen LogP contribution in [0.4, 0.5) is 5.13 Å². The third-order valence-corrected chi connectivity index (χ3v) is 3.97. The SMILES string of the molecule is C=COCCc1csc([NH][Tl])n1. The molecule has 0 bridgehead atoms. The summed E-state index contributed by atoms with van der Waals surface area (Å²) in [6.45, 7) is 4.13. The Morgan fingerprint density at radius 2 is 2.67 bits per heavy atom. The number of aromatic nitrogens is 1. The van der Waals surface area contributed by atoms with E-state index in [1.807, 2.05) is 0 Å². The molecule has 0 aliphatic carbocycles. The van der Waals surface area contributed by atoms with Crippen LogP contribution < -0.4 is 3.13 Å². The topological polar surface area (TPSA) is 34.1 Å². The number of thiazole rings is 1. The van der Waals surface area contributed by atoms with Crippen molar-refractivity contribution < 1.29 is 4.74 Å². The molecule has 0 amide bonds. The molecule has 0 fully saturated rings. The summed E-state index contributed by atoms with van der Waals surface area (Å²) in [5.74, 6) is 0. The fraction of sp³-hybridized carbons (Fsp3) is 0.286. The Balaban J connectivity index is 2.36. The van der Waals surface area contributed by atoms with Gasteiger partial charge in [-0.05, 0) is 0 Å². The Hall–Kier alpha value is -0.108. The summed E-state index contributed by atoms with van der Waals surface area (Å²) in [7, 11) is 0. The molecular weight excluding hydrogens is 365 g/mol. The number of hydrogen-bond donors (Lipinski definition) is 1. The van der Waals surface area contributed by atoms with Crippen molar-refractivity contribution >= 4 is 42.5 Å². The second kappa shape index (κ2) is 5.52. The maximum absolute atomic E-state index is 5.00. The van der Waals surface area contributed by atoms with Crippen LogP contribution in [-0.2, 0) is 11.2 Å². The van der Waals surface area contributed by atoms with Crippen LogP contribution in [0.25, 0.3) is 0 Å². The van der Waals surface area contributed by atoms with Crippen LogP contribution in [0.3, 0.4) is 0 Å². The molecule has 1 aromatic heterocycles. The van der Waals surface area contributed by atoms with Crippen molar-refractivity contribution in [2.45, 2.75) is 6.42 Å². The van der Waals surface area contributed by atoms with E-state index >= 15 is 0 Å². The van der Waals surface area contributed by atoms with Crippen molar-refractivity contribution in [2.75, 3.05) is 9.73 Å². The number of hydrogen-bond acceptors (Lipinski definition) is 4. The van der Waals surface area contributed by atoms with Crippen molar-refractivity contribution in [3.05, 3.63) is 23.9 Å². The van der Waals surface area contributed by atoms with Crippen LogP contribution in [-0.4, -0.2) is 37.7 Å². The van der Waals surface area contributed by atoms with Gasteiger partial charge in [-0.1, -0.05) is 0 Å². The molecule has 3 nitrogen and oxygen atoms in total. The van der Waals surface area contributed by atoms with Crippen molar-refractivity contribution in [3.63, 3.8) is 0 Å². The third-order valence-electron chi connectivity index (χ3n) is 1.27. The Kier molecular flexibility index (Phi) is 4.59. The molecule has 5 heteroatoms. The van der Waals surface area contributed by atoms with Gasteiger partial charge in [-0.3, -0.25) is 0 Å². The molecule has 0 saturated heterocycles. The van der Waals surface area contributed by atoms with Crippen LogP contribution in [0, 0.1) is 0 Å². The molecule has 0 aliphatic rings. The summed E-state index contributed by atoms with van der Waals surface area (Å²) < 4.78 is 8.15. The van der Waals surface area contributed by atoms with Crippen LogP contribution >= 0.6 is 11.3 Å². The monoisotopic (exact) mass is 374 g/mol. The summed E-state index contributed by atoms with van der Waals surface area (Å²) in [5, 5.41) is 3.07. The van der Waals surface area contributed by atoms with E-state index in [0.29, 0.717) is 6.61 Å². The first-order chi connectivity index (χ1) is 5.86. The number of rotatable bonds is 5. The Morgan fingerprint density at radius 1 is 1.83 bits per heavy atom. The van der Waals surface area contributed by atoms with E-state index in [0.717, 1.165) is 43.3 Å². The van der Waals surface area contributed by atoms with Gasteiger partial charge in [0, 0.05) is 0 Å². The van der Waals surface area contributed by atoms with E-state index in [4.69, 9.17) is 4.74 Å². The molecule has 1 heterocycles. The molecule has 62 valence electrons. The first-order valence-electron chi connectivity index (χ1n) is 3.50. The quantitative estimate of drug-likeness (QED) is 0.480. The Labute approximate surface area is 92.0 Å². The second-order valence-electron chi connectivity index (χ2n) is 2.08. The minimum absolute atomic E-state index is 0.663. The van der Waals surface area contributed by atoms with Crippen LogP contribution in [0.1, 0.15) is 5.69 Å². The van der Waals surface area contributed by atoms with Gasteiger partial charge in [-0.15, -0.1) is 0 Å². The normalized spacial score (nSPS) is 9.25. The maximum atomic E-state index is 5.00. The van der Waals surface area contributed by atoms with Gasteiger partial charge in [0.2, 0.25) is 0 Å². The Morgan fingerprint density at radius 3 is 3.25 bits per heavy atom. The molecule has 12 heavy (non-hydrogen) atoms. The molecule has 0 aromatic carbocycles. The first-order valence-corrected chi connectivity index (χ1v) is 6.62. The summed E-state index contributed by atoms with van der Waals surface area (Å²) in [6.07, 6.45) is 2.31. The number of nitrogens with zero attached hydrogens (tertiary/aromatic N) is 1. The predicted molar refractivity (Wildman–Crippen MR) is 51.3 cm³/mol. The zero-order valence-corrected chi connectivity index (χ0v) is 11.9. The average molecular weight is 374 g/mol. The predicted octanol–water partition coefficient (Wildman–Crippen LogP) is 1.34. The van der Waals surface area contributed by atoms with Crippen molar-refractivity contribution in [2.24, 2.45) is 0 Å². The molecular formula is C7H9N2OSTl. The van der Waals surface area contributed by atoms with Crippen molar-refractivity contribution in [1.29, 1.82) is 0 Å². The van der Waals surface area contributed by atoms with Gasteiger partial charge < -0.3 is 0 Å². The number of nitrogens with one attached hydrogen (secondary N) is 1. The second-order valence-corrected chi connectivity index (χ2v) is 4.06. The third kappa shape index (κ3) is 3.10. The standard InChI is InChI=1S/C7H9N2OS.Tl/c1-2-10-4-3-6-5-11-7(8)9-6;/h2,5H,1,3-4H2,(H-,8,9);/q-1;+1. The van der Waals surface area contributed by atoms with Gasteiger partial charge in [0.15, 0.2) is 0 Å². The molecule has 0 atom stereocenters. The summed E-state index contributed by atoms with van der Waals surface area (Å²) in [6, 6.07) is 0. The molecule has 1 aromatic rings. The van der Waals surface area contributed by atoms with E-state index in [1.165, 1.54) is 6.26 Å². The van der Waals surface area contributed by atoms with E-state index < -0.39 is 0 Å². The first kappa shape index (κ1) is 9.98. The number of anilines is 1. The molecule has 0 unspecified atom stereocenters. The van der Waals surface area contributed by atoms with E-state index in [2.05, 4.69) is 20.1 Å². The van der Waals surface area contributed by atoms with Crippen molar-refractivity contribution in [3.8, 4) is 0 Å². The van der Waals surface area contributed by atoms with E-state index in [-0.39, 0.29) is 0 Å². The summed E-state index contributed by atoms with van der Waals surface area (Å²) in [4.78, 5) is 4.34. The van der Waals surface area contributed by atoms with Crippen LogP contribution in [0.15, 0.2) is 18.2 Å². The van der Waals surface area contributed by atoms with Crippen LogP contribution in [0.2, 0.25) is 0 Å². The molecule has 1 N–H and O–H groups in total. The average Bonchev–Trinajstić information content (AvgIpc) is 2.53. The minimum atomic E-state index is 0.663. The van der Waals surface area contributed by atoms with Crippen LogP contribution in [0.5, 0.6) is 0 Å². The van der Waals surface area contributed by atoms with Gasteiger partial charge in [-0.25, -0.2) is 0 Å². The summed E-state index contributed by atoms with van der Waals surface area (Å²) in [5.41, 5.74) is 1.09. The number of ether oxygens (including phenoxy) is 1. The molecule has 0 aliphatic heterocycles. The Bertz CT molecular complexity index is 251. The van der Waals surface area contributed by atoms with E-state index in [1.54, 1.807) is 11.3 Å². The van der Waals surface area contributed by atoms with Gasteiger partial charge in [0.05, 0.1) is 0 Å². The fourth-order valence-corrected chi connectivity index (χ4v) is 2.44. The molecule has 0 saturated carbocycles. The van der Waals surface area contributed by atoms with E-state index in [9.17, 15) is 0 Å². The molecule has 0 spiro atoms. The summed E-state index contributed by atoms with van der Waals surface area (Å²) >= 11 is 2.41. The van der Waals surface area contributed by atoms with Crippen molar-refractivity contribution in [1.82, 2.24) is 4.98 Å². The fourth-order valence-electron chi connectivity index (χ4n) is 0.735. The molecule has 1 rings (SSSR count). The van der Waals surface area contributed by atoms with Gasteiger partial charge in [0.1, 0.15) is 0 Å². The molecule has 0 radical (unpaired) electrons. The van der Waals surface area contributed by atoms with Gasteiger partial charge in [-0.2, -0.15) is 0 Å².